The molecule has 1 saturated carbocycles. The van der Waals surface area contributed by atoms with Crippen LogP contribution in [-0.4, -0.2) is 59.5 Å². The van der Waals surface area contributed by atoms with Gasteiger partial charge in [0.2, 0.25) is 0 Å². The van der Waals surface area contributed by atoms with E-state index < -0.39 is 11.4 Å². The highest BCUT2D eigenvalue weighted by Gasteiger charge is 2.55. The second-order valence-electron chi connectivity index (χ2n) is 10.8. The monoisotopic (exact) mass is 630 g/mol. The van der Waals surface area contributed by atoms with Crippen molar-refractivity contribution in [2.24, 2.45) is 5.92 Å². The number of fused-ring (bicyclic) bond motifs is 2. The molecule has 1 amide bonds. The van der Waals surface area contributed by atoms with E-state index in [1.165, 1.54) is 18.9 Å². The van der Waals surface area contributed by atoms with E-state index in [9.17, 15) is 9.59 Å². The summed E-state index contributed by atoms with van der Waals surface area (Å²) >= 11 is 4.72. The van der Waals surface area contributed by atoms with Crippen molar-refractivity contribution in [1.82, 2.24) is 9.88 Å². The second-order valence-corrected chi connectivity index (χ2v) is 12.4. The van der Waals surface area contributed by atoms with Crippen molar-refractivity contribution >= 4 is 56.3 Å². The number of carbonyl (C=O) groups is 2. The molecule has 2 bridgehead atoms. The minimum Gasteiger partial charge on any atom is -0.469 e. The smallest absolute Gasteiger partial charge is 0.410 e. The number of halogens is 2. The van der Waals surface area contributed by atoms with Crippen LogP contribution in [0, 0.1) is 34.9 Å². The predicted octanol–water partition coefficient (Wildman–Crippen LogP) is 6.04. The molecule has 3 atom stereocenters. The fourth-order valence-electron chi connectivity index (χ4n) is 5.10. The first-order chi connectivity index (χ1) is 19.0. The molecule has 1 aromatic heterocycles. The number of aromatic nitrogens is 1. The normalized spacial score (nSPS) is 19.4. The molecule has 0 radical (unpaired) electrons. The topological polar surface area (TPSA) is 105 Å². The highest BCUT2D eigenvalue weighted by atomic mass is 79.9. The number of thioether (sulfide) groups is 1. The van der Waals surface area contributed by atoms with E-state index in [4.69, 9.17) is 14.7 Å². The minimum atomic E-state index is -0.598. The third kappa shape index (κ3) is 6.16. The summed E-state index contributed by atoms with van der Waals surface area (Å²) in [5, 5.41) is 13.9. The van der Waals surface area contributed by atoms with Gasteiger partial charge in [0.15, 0.2) is 5.82 Å². The van der Waals surface area contributed by atoms with Gasteiger partial charge in [-0.1, -0.05) is 11.8 Å². The lowest BCUT2D eigenvalue weighted by atomic mass is 9.79. The number of nitrogens with one attached hydrogen (secondary N) is 1. The fourth-order valence-corrected chi connectivity index (χ4v) is 6.14. The molecule has 2 aromatic rings. The number of hydrogen-bond donors (Lipinski definition) is 1. The second kappa shape index (κ2) is 12.2. The summed E-state index contributed by atoms with van der Waals surface area (Å²) < 4.78 is 26.3. The number of hydrogen-bond acceptors (Lipinski definition) is 8. The van der Waals surface area contributed by atoms with Gasteiger partial charge in [-0.25, -0.2) is 14.2 Å². The molecular weight excluding hydrogens is 599 g/mol. The predicted molar refractivity (Wildman–Crippen MR) is 155 cm³/mol. The van der Waals surface area contributed by atoms with Crippen molar-refractivity contribution in [1.29, 1.82) is 5.26 Å². The SMILES string of the molecule is COC(=O)CCC#Cc1c(SC)nc2c(F)c(Br)c(CCC#N)cc2c1N[C@H]1[C@@H]2C[C@H]1N(C(=O)OC(C)(C)C)C2. The summed E-state index contributed by atoms with van der Waals surface area (Å²) in [5.74, 6) is 5.58. The van der Waals surface area contributed by atoms with E-state index in [2.05, 4.69) is 44.1 Å². The molecule has 5 rings (SSSR count). The molecule has 1 aromatic carbocycles. The number of nitriles is 1. The van der Waals surface area contributed by atoms with Gasteiger partial charge < -0.3 is 19.7 Å². The third-order valence-electron chi connectivity index (χ3n) is 7.03. The Morgan fingerprint density at radius 2 is 2.10 bits per heavy atom. The number of nitrogens with zero attached hydrogens (tertiary/aromatic N) is 3. The van der Waals surface area contributed by atoms with Crippen molar-refractivity contribution in [2.75, 3.05) is 25.2 Å². The molecule has 0 spiro atoms. The zero-order valence-electron chi connectivity index (χ0n) is 23.2. The Morgan fingerprint density at radius 3 is 2.75 bits per heavy atom. The summed E-state index contributed by atoms with van der Waals surface area (Å²) in [6.45, 7) is 6.10. The average molecular weight is 632 g/mol. The molecule has 3 fully saturated rings. The summed E-state index contributed by atoms with van der Waals surface area (Å²) in [6, 6.07) is 3.83. The van der Waals surface area contributed by atoms with Crippen LogP contribution in [0.3, 0.4) is 0 Å². The van der Waals surface area contributed by atoms with E-state index in [0.717, 1.165) is 6.42 Å². The molecule has 11 heteroatoms. The van der Waals surface area contributed by atoms with Gasteiger partial charge in [0.1, 0.15) is 16.1 Å². The summed E-state index contributed by atoms with van der Waals surface area (Å²) in [5.41, 5.74) is 1.49. The van der Waals surface area contributed by atoms with Crippen molar-refractivity contribution in [3.63, 3.8) is 0 Å². The fraction of sp³-hybridized carbons (Fsp3) is 0.517. The quantitative estimate of drug-likeness (QED) is 0.224. The van der Waals surface area contributed by atoms with Crippen LogP contribution >= 0.6 is 27.7 Å². The van der Waals surface area contributed by atoms with Gasteiger partial charge in [-0.3, -0.25) is 4.79 Å². The van der Waals surface area contributed by atoms with Crippen LogP contribution in [0.25, 0.3) is 10.9 Å². The van der Waals surface area contributed by atoms with Crippen LogP contribution in [-0.2, 0) is 20.7 Å². The number of benzene rings is 1. The molecule has 3 heterocycles. The Balaban J connectivity index is 1.78. The molecule has 0 unspecified atom stereocenters. The Morgan fingerprint density at radius 1 is 1.35 bits per heavy atom. The molecule has 1 aliphatic carbocycles. The van der Waals surface area contributed by atoms with Crippen LogP contribution < -0.4 is 5.32 Å². The van der Waals surface area contributed by atoms with Gasteiger partial charge >= 0.3 is 12.1 Å². The number of methoxy groups -OCH3 is 1. The number of anilines is 1. The number of esters is 1. The van der Waals surface area contributed by atoms with Gasteiger partial charge in [0.05, 0.1) is 47.4 Å². The van der Waals surface area contributed by atoms with Crippen LogP contribution in [0.4, 0.5) is 14.9 Å². The van der Waals surface area contributed by atoms with Crippen LogP contribution in [0.15, 0.2) is 15.6 Å². The van der Waals surface area contributed by atoms with E-state index >= 15 is 4.39 Å². The van der Waals surface area contributed by atoms with E-state index in [1.807, 2.05) is 33.1 Å². The lowest BCUT2D eigenvalue weighted by molar-refractivity contribution is -0.140. The minimum absolute atomic E-state index is 0.0701. The van der Waals surface area contributed by atoms with Gasteiger partial charge in [-0.05, 0) is 67.4 Å². The molecular formula is C29H32BrFN4O4S. The highest BCUT2D eigenvalue weighted by Crippen LogP contribution is 2.46. The molecule has 3 aliphatic rings. The molecule has 2 saturated heterocycles. The Bertz CT molecular complexity index is 1440. The third-order valence-corrected chi connectivity index (χ3v) is 8.57. The number of ether oxygens (including phenoxy) is 2. The molecule has 8 nitrogen and oxygen atoms in total. The van der Waals surface area contributed by atoms with Crippen molar-refractivity contribution in [3.8, 4) is 17.9 Å². The van der Waals surface area contributed by atoms with Crippen molar-refractivity contribution in [2.45, 2.75) is 75.6 Å². The summed E-state index contributed by atoms with van der Waals surface area (Å²) in [7, 11) is 1.33. The summed E-state index contributed by atoms with van der Waals surface area (Å²) in [4.78, 5) is 30.9. The largest absolute Gasteiger partial charge is 0.469 e. The number of pyridine rings is 1. The molecule has 212 valence electrons. The maximum Gasteiger partial charge on any atom is 0.410 e. The maximum absolute atomic E-state index is 15.7. The van der Waals surface area contributed by atoms with Gasteiger partial charge in [0.25, 0.3) is 0 Å². The Kier molecular flexibility index (Phi) is 9.16. The Hall–Kier alpha value is -3.02. The number of carbonyl (C=O) groups excluding carboxylic acids is 2. The van der Waals surface area contributed by atoms with Crippen LogP contribution in [0.1, 0.15) is 57.6 Å². The number of amides is 1. The lowest BCUT2D eigenvalue weighted by Gasteiger charge is -2.38. The van der Waals surface area contributed by atoms with Gasteiger partial charge in [-0.2, -0.15) is 5.26 Å². The molecule has 1 N–H and O–H groups in total. The highest BCUT2D eigenvalue weighted by molar-refractivity contribution is 9.10. The molecule has 2 aliphatic heterocycles. The zero-order chi connectivity index (χ0) is 29.2. The van der Waals surface area contributed by atoms with E-state index in [1.54, 1.807) is 4.90 Å². The number of rotatable bonds is 7. The van der Waals surface area contributed by atoms with Crippen molar-refractivity contribution < 1.29 is 23.5 Å². The van der Waals surface area contributed by atoms with Crippen LogP contribution in [0.2, 0.25) is 0 Å². The lowest BCUT2D eigenvalue weighted by Crippen LogP contribution is -2.50. The number of aryl methyl sites for hydroxylation is 1. The first kappa shape index (κ1) is 30.0. The first-order valence-electron chi connectivity index (χ1n) is 13.1. The molecule has 40 heavy (non-hydrogen) atoms. The Labute approximate surface area is 246 Å². The zero-order valence-corrected chi connectivity index (χ0v) is 25.6. The standard InChI is InChI=1S/C29H32BrFN4O4S/c1-29(2,3)39-28(37)35-15-17-14-20(35)24(17)33-25-18(10-6-7-11-21(36)38-4)27(40-5)34-26-19(25)13-16(9-8-12-32)22(30)23(26)31/h13,17,20,24H,7-9,11,14-15H2,1-5H3,(H,33,34)/t17-,20-,24+/m1/s1. The first-order valence-corrected chi connectivity index (χ1v) is 15.1. The van der Waals surface area contributed by atoms with Gasteiger partial charge in [-0.15, -0.1) is 11.8 Å². The van der Waals surface area contributed by atoms with Gasteiger partial charge in [0, 0.05) is 30.7 Å². The van der Waals surface area contributed by atoms with E-state index in [-0.39, 0.29) is 52.9 Å². The van der Waals surface area contributed by atoms with Crippen LogP contribution in [0.5, 0.6) is 0 Å². The average Bonchev–Trinajstić information content (AvgIpc) is 3.50. The maximum atomic E-state index is 15.7. The summed E-state index contributed by atoms with van der Waals surface area (Å²) in [6.07, 6.45) is 3.41. The van der Waals surface area contributed by atoms with Crippen molar-refractivity contribution in [3.05, 3.63) is 27.5 Å². The van der Waals surface area contributed by atoms with E-state index in [0.29, 0.717) is 46.6 Å².